The Balaban J connectivity index is 0.00000144. The van der Waals surface area contributed by atoms with Crippen LogP contribution in [0.1, 0.15) is 31.4 Å². The maximum atomic E-state index is 5.19. The number of hydrogen-bond acceptors (Lipinski definition) is 2. The number of hydrogen-bond donors (Lipinski definition) is 1. The SMILES string of the molecule is CCCC(ON)c1ccccc1.Cl. The standard InChI is InChI=1S/C10H15NO.ClH/c1-2-6-10(12-11)9-7-4-3-5-8-9;/h3-5,7-8,10H,2,6,11H2,1H3;1H. The van der Waals surface area contributed by atoms with Crippen molar-refractivity contribution in [2.75, 3.05) is 0 Å². The maximum Gasteiger partial charge on any atom is 0.104 e. The second-order valence-corrected chi connectivity index (χ2v) is 2.82. The lowest BCUT2D eigenvalue weighted by Crippen LogP contribution is -2.08. The van der Waals surface area contributed by atoms with Crippen molar-refractivity contribution in [1.82, 2.24) is 0 Å². The van der Waals surface area contributed by atoms with Crippen LogP contribution in [0, 0.1) is 0 Å². The summed E-state index contributed by atoms with van der Waals surface area (Å²) in [7, 11) is 0. The monoisotopic (exact) mass is 201 g/mol. The molecule has 0 bridgehead atoms. The van der Waals surface area contributed by atoms with Gasteiger partial charge in [0.2, 0.25) is 0 Å². The Bertz CT molecular complexity index is 215. The van der Waals surface area contributed by atoms with Crippen LogP contribution < -0.4 is 5.90 Å². The molecule has 1 atom stereocenters. The molecule has 0 spiro atoms. The van der Waals surface area contributed by atoms with Crippen LogP contribution in [0.4, 0.5) is 0 Å². The predicted molar refractivity (Wildman–Crippen MR) is 56.6 cm³/mol. The Morgan fingerprint density at radius 1 is 1.31 bits per heavy atom. The first-order chi connectivity index (χ1) is 5.88. The van der Waals surface area contributed by atoms with Crippen molar-refractivity contribution >= 4 is 12.4 Å². The van der Waals surface area contributed by atoms with Crippen LogP contribution in [0.5, 0.6) is 0 Å². The molecular formula is C10H16ClNO. The average molecular weight is 202 g/mol. The molecule has 3 heteroatoms. The zero-order valence-corrected chi connectivity index (χ0v) is 8.59. The summed E-state index contributed by atoms with van der Waals surface area (Å²) in [5, 5.41) is 0. The van der Waals surface area contributed by atoms with Crippen molar-refractivity contribution in [3.63, 3.8) is 0 Å². The van der Waals surface area contributed by atoms with Crippen LogP contribution in [-0.4, -0.2) is 0 Å². The maximum absolute atomic E-state index is 5.19. The molecule has 0 aliphatic rings. The third-order valence-electron chi connectivity index (χ3n) is 1.89. The summed E-state index contributed by atoms with van der Waals surface area (Å²) in [6, 6.07) is 10.1. The van der Waals surface area contributed by atoms with Gasteiger partial charge in [0.1, 0.15) is 6.10 Å². The van der Waals surface area contributed by atoms with Gasteiger partial charge in [-0.25, -0.2) is 5.90 Å². The highest BCUT2D eigenvalue weighted by molar-refractivity contribution is 5.85. The molecule has 1 rings (SSSR count). The summed E-state index contributed by atoms with van der Waals surface area (Å²) in [6.07, 6.45) is 2.10. The van der Waals surface area contributed by atoms with Gasteiger partial charge in [-0.2, -0.15) is 0 Å². The van der Waals surface area contributed by atoms with Crippen molar-refractivity contribution < 1.29 is 4.84 Å². The van der Waals surface area contributed by atoms with E-state index in [2.05, 4.69) is 6.92 Å². The molecule has 0 amide bonds. The molecule has 1 unspecified atom stereocenters. The summed E-state index contributed by atoms with van der Waals surface area (Å²) >= 11 is 0. The Morgan fingerprint density at radius 3 is 2.38 bits per heavy atom. The highest BCUT2D eigenvalue weighted by Gasteiger charge is 2.07. The minimum Gasteiger partial charge on any atom is -0.297 e. The third kappa shape index (κ3) is 3.77. The summed E-state index contributed by atoms with van der Waals surface area (Å²) in [4.78, 5) is 4.88. The zero-order valence-electron chi connectivity index (χ0n) is 7.77. The van der Waals surface area contributed by atoms with Crippen LogP contribution in [0.2, 0.25) is 0 Å². The zero-order chi connectivity index (χ0) is 8.81. The quantitative estimate of drug-likeness (QED) is 0.761. The Hall–Kier alpha value is -0.570. The molecular weight excluding hydrogens is 186 g/mol. The van der Waals surface area contributed by atoms with E-state index in [-0.39, 0.29) is 18.5 Å². The Kier molecular flexibility index (Phi) is 6.59. The number of halogens is 1. The highest BCUT2D eigenvalue weighted by Crippen LogP contribution is 2.19. The first kappa shape index (κ1) is 12.4. The number of rotatable bonds is 4. The fraction of sp³-hybridized carbons (Fsp3) is 0.400. The van der Waals surface area contributed by atoms with Gasteiger partial charge in [0, 0.05) is 0 Å². The molecule has 2 nitrogen and oxygen atoms in total. The number of nitrogens with two attached hydrogens (primary N) is 1. The fourth-order valence-electron chi connectivity index (χ4n) is 1.24. The lowest BCUT2D eigenvalue weighted by Gasteiger charge is -2.12. The van der Waals surface area contributed by atoms with Gasteiger partial charge in [-0.15, -0.1) is 12.4 Å². The third-order valence-corrected chi connectivity index (χ3v) is 1.89. The largest absolute Gasteiger partial charge is 0.297 e. The van der Waals surface area contributed by atoms with Gasteiger partial charge < -0.3 is 0 Å². The molecule has 0 fully saturated rings. The molecule has 0 aliphatic heterocycles. The molecule has 74 valence electrons. The van der Waals surface area contributed by atoms with Gasteiger partial charge in [0.05, 0.1) is 0 Å². The molecule has 0 radical (unpaired) electrons. The van der Waals surface area contributed by atoms with Crippen LogP contribution in [0.3, 0.4) is 0 Å². The van der Waals surface area contributed by atoms with Gasteiger partial charge in [0.25, 0.3) is 0 Å². The van der Waals surface area contributed by atoms with Crippen LogP contribution in [-0.2, 0) is 4.84 Å². The van der Waals surface area contributed by atoms with E-state index >= 15 is 0 Å². The molecule has 0 saturated heterocycles. The van der Waals surface area contributed by atoms with Crippen LogP contribution >= 0.6 is 12.4 Å². The van der Waals surface area contributed by atoms with Crippen molar-refractivity contribution in [3.8, 4) is 0 Å². The predicted octanol–water partition coefficient (Wildman–Crippen LogP) is 2.84. The Labute approximate surface area is 85.5 Å². The van der Waals surface area contributed by atoms with Crippen molar-refractivity contribution in [1.29, 1.82) is 0 Å². The topological polar surface area (TPSA) is 35.2 Å². The fourth-order valence-corrected chi connectivity index (χ4v) is 1.24. The Morgan fingerprint density at radius 2 is 1.92 bits per heavy atom. The normalized spacial score (nSPS) is 11.8. The van der Waals surface area contributed by atoms with E-state index in [1.165, 1.54) is 0 Å². The molecule has 1 aromatic rings. The molecule has 0 heterocycles. The molecule has 1 aromatic carbocycles. The lowest BCUT2D eigenvalue weighted by atomic mass is 10.1. The minimum atomic E-state index is 0. The molecule has 0 saturated carbocycles. The molecule has 0 aromatic heterocycles. The summed E-state index contributed by atoms with van der Waals surface area (Å²) in [5.74, 6) is 5.19. The number of benzene rings is 1. The van der Waals surface area contributed by atoms with Gasteiger partial charge in [0.15, 0.2) is 0 Å². The second-order valence-electron chi connectivity index (χ2n) is 2.82. The van der Waals surface area contributed by atoms with Crippen molar-refractivity contribution in [2.24, 2.45) is 5.90 Å². The van der Waals surface area contributed by atoms with E-state index in [0.29, 0.717) is 0 Å². The molecule has 2 N–H and O–H groups in total. The van der Waals surface area contributed by atoms with Gasteiger partial charge in [-0.05, 0) is 12.0 Å². The molecule has 0 aliphatic carbocycles. The smallest absolute Gasteiger partial charge is 0.104 e. The first-order valence-electron chi connectivity index (χ1n) is 4.29. The minimum absolute atomic E-state index is 0. The van der Waals surface area contributed by atoms with Crippen LogP contribution in [0.15, 0.2) is 30.3 Å². The lowest BCUT2D eigenvalue weighted by molar-refractivity contribution is 0.0460. The van der Waals surface area contributed by atoms with E-state index < -0.39 is 0 Å². The first-order valence-corrected chi connectivity index (χ1v) is 4.29. The van der Waals surface area contributed by atoms with Crippen molar-refractivity contribution in [2.45, 2.75) is 25.9 Å². The van der Waals surface area contributed by atoms with Gasteiger partial charge in [-0.1, -0.05) is 43.7 Å². The van der Waals surface area contributed by atoms with E-state index in [0.717, 1.165) is 18.4 Å². The van der Waals surface area contributed by atoms with E-state index in [1.54, 1.807) is 0 Å². The van der Waals surface area contributed by atoms with Gasteiger partial charge >= 0.3 is 0 Å². The van der Waals surface area contributed by atoms with E-state index in [4.69, 9.17) is 10.7 Å². The second kappa shape index (κ2) is 6.89. The molecule has 13 heavy (non-hydrogen) atoms. The summed E-state index contributed by atoms with van der Waals surface area (Å²) in [5.41, 5.74) is 1.15. The summed E-state index contributed by atoms with van der Waals surface area (Å²) in [6.45, 7) is 2.12. The highest BCUT2D eigenvalue weighted by atomic mass is 35.5. The van der Waals surface area contributed by atoms with E-state index in [9.17, 15) is 0 Å². The average Bonchev–Trinajstić information content (AvgIpc) is 2.15. The van der Waals surface area contributed by atoms with Gasteiger partial charge in [-0.3, -0.25) is 4.84 Å². The van der Waals surface area contributed by atoms with Crippen LogP contribution in [0.25, 0.3) is 0 Å². The van der Waals surface area contributed by atoms with Crippen molar-refractivity contribution in [3.05, 3.63) is 35.9 Å². The summed E-state index contributed by atoms with van der Waals surface area (Å²) < 4.78 is 0. The van der Waals surface area contributed by atoms with E-state index in [1.807, 2.05) is 30.3 Å².